The monoisotopic (exact) mass is 301 g/mol. The summed E-state index contributed by atoms with van der Waals surface area (Å²) in [5, 5.41) is 0.518. The molecule has 0 aromatic heterocycles. The fraction of sp³-hybridized carbons (Fsp3) is 0.500. The first-order chi connectivity index (χ1) is 8.20. The third-order valence-electron chi connectivity index (χ3n) is 2.84. The van der Waals surface area contributed by atoms with Crippen LogP contribution < -0.4 is 35.3 Å². The Bertz CT molecular complexity index is 552. The smallest absolute Gasteiger partial charge is 1.00 e. The summed E-state index contributed by atoms with van der Waals surface area (Å²) in [6.45, 7) is 1.68. The topological polar surface area (TPSA) is 130 Å². The number of carbonyl (C=O) groups is 2. The van der Waals surface area contributed by atoms with Gasteiger partial charge in [-0.05, 0) is 12.5 Å². The number of amides is 3. The van der Waals surface area contributed by atoms with Crippen LogP contribution in [0.4, 0.5) is 4.79 Å². The zero-order chi connectivity index (χ0) is 13.7. The van der Waals surface area contributed by atoms with E-state index in [0.29, 0.717) is 10.6 Å². The summed E-state index contributed by atoms with van der Waals surface area (Å²) in [7, 11) is -4.81. The number of nitrogens with zero attached hydrogens (tertiary/aromatic N) is 2. The van der Waals surface area contributed by atoms with Gasteiger partial charge in [0.15, 0.2) is 0 Å². The van der Waals surface area contributed by atoms with Crippen LogP contribution in [0.3, 0.4) is 0 Å². The number of hydroxylamine groups is 2. The summed E-state index contributed by atoms with van der Waals surface area (Å²) in [4.78, 5) is 24.1. The molecule has 102 valence electrons. The van der Waals surface area contributed by atoms with Gasteiger partial charge in [-0.25, -0.2) is 4.79 Å². The van der Waals surface area contributed by atoms with Gasteiger partial charge in [0.1, 0.15) is 12.1 Å². The molecule has 1 saturated heterocycles. The summed E-state index contributed by atoms with van der Waals surface area (Å²) >= 11 is 0. The van der Waals surface area contributed by atoms with Crippen molar-refractivity contribution >= 4 is 22.3 Å². The van der Waals surface area contributed by atoms with Crippen LogP contribution in [0.15, 0.2) is 11.6 Å². The molecule has 0 aromatic rings. The van der Waals surface area contributed by atoms with Crippen molar-refractivity contribution in [2.75, 3.05) is 6.54 Å². The van der Waals surface area contributed by atoms with Crippen molar-refractivity contribution in [1.82, 2.24) is 9.96 Å². The van der Waals surface area contributed by atoms with E-state index in [1.807, 2.05) is 0 Å². The molecule has 9 nitrogen and oxygen atoms in total. The van der Waals surface area contributed by atoms with Gasteiger partial charge >= 0.3 is 46.0 Å². The first-order valence-corrected chi connectivity index (χ1v) is 6.31. The van der Waals surface area contributed by atoms with E-state index in [1.165, 1.54) is 6.08 Å². The standard InChI is InChI=1S/C8H11N3O6S.Na.H/c1-4-2-5(7(9)12)10-3-6(4)11(8(10)13)17-18(14,15)16;;/h2,5-6H,3H2,1H3,(H2,9,12)(H,14,15,16);;/q;+1;-1. The zero-order valence-corrected chi connectivity index (χ0v) is 13.1. The summed E-state index contributed by atoms with van der Waals surface area (Å²) < 4.78 is 34.1. The third kappa shape index (κ3) is 3.09. The number of fused-ring (bicyclic) bond motifs is 2. The van der Waals surface area contributed by atoms with E-state index in [9.17, 15) is 18.0 Å². The molecular formula is C8H12N3NaO6S. The maximum absolute atomic E-state index is 11.8. The average Bonchev–Trinajstić information content (AvgIpc) is 2.47. The predicted molar refractivity (Wildman–Crippen MR) is 58.2 cm³/mol. The second-order valence-electron chi connectivity index (χ2n) is 4.04. The minimum Gasteiger partial charge on any atom is -1.00 e. The van der Waals surface area contributed by atoms with Gasteiger partial charge in [0.05, 0.1) is 6.54 Å². The number of primary amides is 1. The Kier molecular flexibility index (Phi) is 4.65. The van der Waals surface area contributed by atoms with Crippen LogP contribution >= 0.6 is 0 Å². The van der Waals surface area contributed by atoms with Crippen LogP contribution in [0, 0.1) is 0 Å². The molecule has 19 heavy (non-hydrogen) atoms. The first kappa shape index (κ1) is 16.4. The van der Waals surface area contributed by atoms with Gasteiger partial charge in [0.2, 0.25) is 5.91 Å². The molecule has 0 aromatic carbocycles. The second kappa shape index (κ2) is 5.38. The molecule has 3 N–H and O–H groups in total. The number of hydrogen-bond donors (Lipinski definition) is 2. The van der Waals surface area contributed by atoms with Gasteiger partial charge in [-0.1, -0.05) is 6.08 Å². The number of nitrogens with two attached hydrogens (primary N) is 1. The molecule has 0 aliphatic carbocycles. The van der Waals surface area contributed by atoms with Crippen LogP contribution in [0.25, 0.3) is 0 Å². The molecule has 2 aliphatic heterocycles. The number of hydrogen-bond acceptors (Lipinski definition) is 5. The van der Waals surface area contributed by atoms with Gasteiger partial charge in [-0.15, -0.1) is 4.28 Å². The summed E-state index contributed by atoms with van der Waals surface area (Å²) in [6, 6.07) is -2.45. The van der Waals surface area contributed by atoms with Crippen molar-refractivity contribution < 1.29 is 57.8 Å². The first-order valence-electron chi connectivity index (χ1n) is 4.95. The van der Waals surface area contributed by atoms with E-state index in [4.69, 9.17) is 10.3 Å². The van der Waals surface area contributed by atoms with E-state index < -0.39 is 34.4 Å². The zero-order valence-electron chi connectivity index (χ0n) is 11.3. The van der Waals surface area contributed by atoms with Crippen molar-refractivity contribution in [3.63, 3.8) is 0 Å². The molecule has 2 aliphatic rings. The summed E-state index contributed by atoms with van der Waals surface area (Å²) in [6.07, 6.45) is 1.46. The minimum absolute atomic E-state index is 0. The Morgan fingerprint density at radius 3 is 2.68 bits per heavy atom. The maximum atomic E-state index is 11.8. The van der Waals surface area contributed by atoms with E-state index >= 15 is 0 Å². The predicted octanol–water partition coefficient (Wildman–Crippen LogP) is -4.24. The van der Waals surface area contributed by atoms with Crippen molar-refractivity contribution in [2.24, 2.45) is 5.73 Å². The van der Waals surface area contributed by atoms with E-state index in [0.717, 1.165) is 4.90 Å². The molecular weight excluding hydrogens is 289 g/mol. The normalized spacial score (nSPS) is 26.0. The fourth-order valence-corrected chi connectivity index (χ4v) is 2.40. The molecule has 3 amide bonds. The Hall–Kier alpha value is -0.650. The van der Waals surface area contributed by atoms with Crippen LogP contribution in [0.1, 0.15) is 8.35 Å². The SMILES string of the molecule is CC1=CC(C(N)=O)N2CC1N(OS(=O)(=O)O)C2=O.[H-].[Na+]. The molecule has 1 fully saturated rings. The van der Waals surface area contributed by atoms with Crippen molar-refractivity contribution in [1.29, 1.82) is 0 Å². The van der Waals surface area contributed by atoms with E-state index in [-0.39, 0.29) is 37.5 Å². The fourth-order valence-electron chi connectivity index (χ4n) is 2.03. The van der Waals surface area contributed by atoms with Gasteiger partial charge in [-0.2, -0.15) is 13.5 Å². The van der Waals surface area contributed by atoms with Crippen molar-refractivity contribution in [3.05, 3.63) is 11.6 Å². The van der Waals surface area contributed by atoms with Gasteiger partial charge in [0, 0.05) is 0 Å². The molecule has 2 heterocycles. The Morgan fingerprint density at radius 2 is 2.21 bits per heavy atom. The quantitative estimate of drug-likeness (QED) is 0.308. The average molecular weight is 301 g/mol. The van der Waals surface area contributed by atoms with Crippen LogP contribution in [0.2, 0.25) is 0 Å². The second-order valence-corrected chi connectivity index (χ2v) is 5.04. The number of rotatable bonds is 3. The van der Waals surface area contributed by atoms with Crippen molar-refractivity contribution in [2.45, 2.75) is 19.0 Å². The number of urea groups is 1. The Labute approximate surface area is 133 Å². The Balaban J connectivity index is 0.00000180. The van der Waals surface area contributed by atoms with Crippen molar-refractivity contribution in [3.8, 4) is 0 Å². The molecule has 2 bridgehead atoms. The van der Waals surface area contributed by atoms with Crippen LogP contribution in [-0.4, -0.2) is 53.5 Å². The van der Waals surface area contributed by atoms with E-state index in [1.54, 1.807) is 6.92 Å². The van der Waals surface area contributed by atoms with E-state index in [2.05, 4.69) is 4.28 Å². The molecule has 0 spiro atoms. The third-order valence-corrected chi connectivity index (χ3v) is 3.18. The Morgan fingerprint density at radius 1 is 1.63 bits per heavy atom. The van der Waals surface area contributed by atoms with Crippen LogP contribution in [0.5, 0.6) is 0 Å². The summed E-state index contributed by atoms with van der Waals surface area (Å²) in [5.74, 6) is -0.727. The molecule has 2 unspecified atom stereocenters. The van der Waals surface area contributed by atoms with Gasteiger partial charge in [0.25, 0.3) is 0 Å². The minimum atomic E-state index is -4.81. The summed E-state index contributed by atoms with van der Waals surface area (Å²) in [5.41, 5.74) is 5.70. The molecule has 0 saturated carbocycles. The molecule has 0 radical (unpaired) electrons. The molecule has 11 heteroatoms. The molecule has 2 rings (SSSR count). The molecule has 2 atom stereocenters. The van der Waals surface area contributed by atoms with Crippen LogP contribution in [-0.2, 0) is 19.5 Å². The number of carbonyl (C=O) groups excluding carboxylic acids is 2. The largest absolute Gasteiger partial charge is 1.00 e. The maximum Gasteiger partial charge on any atom is 1.00 e. The van der Waals surface area contributed by atoms with Gasteiger partial charge in [-0.3, -0.25) is 9.35 Å². The van der Waals surface area contributed by atoms with Gasteiger partial charge < -0.3 is 12.1 Å².